The molecule has 0 bridgehead atoms. The van der Waals surface area contributed by atoms with Crippen LogP contribution in [0.1, 0.15) is 22.6 Å². The van der Waals surface area contributed by atoms with Crippen molar-refractivity contribution in [1.82, 2.24) is 0 Å². The van der Waals surface area contributed by atoms with Crippen LogP contribution in [0, 0.1) is 0 Å². The molecule has 0 aliphatic carbocycles. The van der Waals surface area contributed by atoms with E-state index in [2.05, 4.69) is 12.1 Å². The minimum atomic E-state index is -0.0857. The Morgan fingerprint density at radius 3 is 1.57 bits per heavy atom. The monoisotopic (exact) mass is 342 g/mol. The molecule has 0 saturated carbocycles. The van der Waals surface area contributed by atoms with Gasteiger partial charge in [0, 0.05) is 27.3 Å². The molecule has 0 radical (unpaired) electrons. The quantitative estimate of drug-likeness (QED) is 0.498. The number of benzene rings is 3. The molecule has 0 heterocycles. The minimum Gasteiger partial charge on any atom is -0.399 e. The van der Waals surface area contributed by atoms with Gasteiger partial charge in [-0.2, -0.15) is 0 Å². The minimum absolute atomic E-state index is 0.0857. The number of nitrogens with two attached hydrogens (primary N) is 2. The highest BCUT2D eigenvalue weighted by Gasteiger charge is 2.21. The van der Waals surface area contributed by atoms with E-state index in [1.807, 2.05) is 42.5 Å². The predicted octanol–water partition coefficient (Wildman–Crippen LogP) is 5.34. The van der Waals surface area contributed by atoms with E-state index in [0.717, 1.165) is 16.7 Å². The first-order valence-electron chi connectivity index (χ1n) is 7.21. The van der Waals surface area contributed by atoms with Crippen molar-refractivity contribution in [2.24, 2.45) is 0 Å². The van der Waals surface area contributed by atoms with Crippen molar-refractivity contribution in [2.75, 3.05) is 11.5 Å². The summed E-state index contributed by atoms with van der Waals surface area (Å²) in [6.07, 6.45) is 0. The molecule has 0 aromatic heterocycles. The van der Waals surface area contributed by atoms with Crippen LogP contribution in [-0.4, -0.2) is 0 Å². The fourth-order valence-electron chi connectivity index (χ4n) is 2.73. The summed E-state index contributed by atoms with van der Waals surface area (Å²) in [5.41, 5.74) is 15.9. The highest BCUT2D eigenvalue weighted by molar-refractivity contribution is 6.32. The second-order valence-electron chi connectivity index (χ2n) is 5.41. The Kier molecular flexibility index (Phi) is 4.46. The number of halogens is 2. The third-order valence-corrected chi connectivity index (χ3v) is 4.46. The summed E-state index contributed by atoms with van der Waals surface area (Å²) in [6, 6.07) is 21.2. The van der Waals surface area contributed by atoms with Crippen LogP contribution in [0.2, 0.25) is 10.0 Å². The van der Waals surface area contributed by atoms with Crippen LogP contribution in [0.15, 0.2) is 66.7 Å². The molecule has 0 unspecified atom stereocenters. The van der Waals surface area contributed by atoms with E-state index in [1.54, 1.807) is 12.1 Å². The van der Waals surface area contributed by atoms with Gasteiger partial charge in [-0.25, -0.2) is 0 Å². The highest BCUT2D eigenvalue weighted by atomic mass is 35.5. The molecule has 0 aliphatic heterocycles. The number of hydrogen-bond acceptors (Lipinski definition) is 2. The molecule has 0 amide bonds. The Hall–Kier alpha value is -2.16. The van der Waals surface area contributed by atoms with Gasteiger partial charge < -0.3 is 11.5 Å². The maximum absolute atomic E-state index is 6.46. The zero-order valence-electron chi connectivity index (χ0n) is 12.3. The van der Waals surface area contributed by atoms with Gasteiger partial charge >= 0.3 is 0 Å². The first-order valence-corrected chi connectivity index (χ1v) is 7.96. The number of hydrogen-bond donors (Lipinski definition) is 2. The average molecular weight is 343 g/mol. The van der Waals surface area contributed by atoms with Crippen molar-refractivity contribution in [2.45, 2.75) is 5.92 Å². The smallest absolute Gasteiger partial charge is 0.0468 e. The SMILES string of the molecule is Nc1ccc(C(c2ccccc2)c2ccc(N)cc2Cl)c(Cl)c1. The molecule has 3 aromatic rings. The maximum Gasteiger partial charge on any atom is 0.0468 e. The van der Waals surface area contributed by atoms with Crippen molar-refractivity contribution in [3.63, 3.8) is 0 Å². The fourth-order valence-corrected chi connectivity index (χ4v) is 3.32. The molecule has 0 spiro atoms. The first kappa shape index (κ1) is 15.7. The lowest BCUT2D eigenvalue weighted by Gasteiger charge is -2.21. The Morgan fingerprint density at radius 1 is 0.652 bits per heavy atom. The van der Waals surface area contributed by atoms with Gasteiger partial charge in [0.05, 0.1) is 0 Å². The zero-order valence-corrected chi connectivity index (χ0v) is 13.9. The highest BCUT2D eigenvalue weighted by Crippen LogP contribution is 2.40. The Balaban J connectivity index is 2.22. The van der Waals surface area contributed by atoms with Crippen molar-refractivity contribution >= 4 is 34.6 Å². The predicted molar refractivity (Wildman–Crippen MR) is 99.1 cm³/mol. The van der Waals surface area contributed by atoms with Gasteiger partial charge in [-0.15, -0.1) is 0 Å². The first-order chi connectivity index (χ1) is 11.1. The van der Waals surface area contributed by atoms with Crippen LogP contribution in [-0.2, 0) is 0 Å². The number of anilines is 2. The van der Waals surface area contributed by atoms with Crippen LogP contribution >= 0.6 is 23.2 Å². The second-order valence-corrected chi connectivity index (χ2v) is 6.22. The van der Waals surface area contributed by atoms with Crippen LogP contribution in [0.25, 0.3) is 0 Å². The van der Waals surface area contributed by atoms with E-state index in [0.29, 0.717) is 21.4 Å². The zero-order chi connectivity index (χ0) is 16.4. The van der Waals surface area contributed by atoms with Crippen molar-refractivity contribution in [3.05, 3.63) is 93.5 Å². The summed E-state index contributed by atoms with van der Waals surface area (Å²) in [5.74, 6) is -0.0857. The molecule has 0 saturated heterocycles. The standard InChI is InChI=1S/C19H16Cl2N2/c20-17-10-13(22)6-8-15(17)19(12-4-2-1-3-5-12)16-9-7-14(23)11-18(16)21/h1-11,19H,22-23H2. The molecule has 23 heavy (non-hydrogen) atoms. The largest absolute Gasteiger partial charge is 0.399 e. The Labute approximate surface area is 145 Å². The van der Waals surface area contributed by atoms with Crippen molar-refractivity contribution in [1.29, 1.82) is 0 Å². The van der Waals surface area contributed by atoms with E-state index in [1.165, 1.54) is 0 Å². The summed E-state index contributed by atoms with van der Waals surface area (Å²) in [6.45, 7) is 0. The van der Waals surface area contributed by atoms with Gasteiger partial charge in [-0.05, 0) is 41.0 Å². The molecule has 2 nitrogen and oxygen atoms in total. The van der Waals surface area contributed by atoms with Crippen LogP contribution in [0.5, 0.6) is 0 Å². The molecule has 3 aromatic carbocycles. The molecule has 4 N–H and O–H groups in total. The molecular formula is C19H16Cl2N2. The van der Waals surface area contributed by atoms with Crippen LogP contribution in [0.3, 0.4) is 0 Å². The van der Waals surface area contributed by atoms with Crippen molar-refractivity contribution < 1.29 is 0 Å². The lowest BCUT2D eigenvalue weighted by atomic mass is 9.85. The summed E-state index contributed by atoms with van der Waals surface area (Å²) < 4.78 is 0. The lowest BCUT2D eigenvalue weighted by molar-refractivity contribution is 0.978. The van der Waals surface area contributed by atoms with Gasteiger partial charge in [-0.1, -0.05) is 65.7 Å². The molecule has 116 valence electrons. The molecule has 0 atom stereocenters. The summed E-state index contributed by atoms with van der Waals surface area (Å²) in [7, 11) is 0. The van der Waals surface area contributed by atoms with Crippen LogP contribution < -0.4 is 11.5 Å². The number of rotatable bonds is 3. The molecule has 3 rings (SSSR count). The van der Waals surface area contributed by atoms with Gasteiger partial charge in [0.25, 0.3) is 0 Å². The molecule has 4 heteroatoms. The fraction of sp³-hybridized carbons (Fsp3) is 0.0526. The van der Waals surface area contributed by atoms with Crippen LogP contribution in [0.4, 0.5) is 11.4 Å². The molecular weight excluding hydrogens is 327 g/mol. The second kappa shape index (κ2) is 6.53. The Bertz CT molecular complexity index is 781. The average Bonchev–Trinajstić information content (AvgIpc) is 2.52. The van der Waals surface area contributed by atoms with E-state index in [9.17, 15) is 0 Å². The summed E-state index contributed by atoms with van der Waals surface area (Å²) >= 11 is 12.9. The summed E-state index contributed by atoms with van der Waals surface area (Å²) in [4.78, 5) is 0. The molecule has 0 aliphatic rings. The Morgan fingerprint density at radius 2 is 1.13 bits per heavy atom. The number of nitrogen functional groups attached to an aromatic ring is 2. The van der Waals surface area contributed by atoms with Gasteiger partial charge in [-0.3, -0.25) is 0 Å². The maximum atomic E-state index is 6.46. The van der Waals surface area contributed by atoms with Gasteiger partial charge in [0.1, 0.15) is 0 Å². The van der Waals surface area contributed by atoms with Gasteiger partial charge in [0.15, 0.2) is 0 Å². The van der Waals surface area contributed by atoms with Gasteiger partial charge in [0.2, 0.25) is 0 Å². The van der Waals surface area contributed by atoms with E-state index >= 15 is 0 Å². The van der Waals surface area contributed by atoms with E-state index in [4.69, 9.17) is 34.7 Å². The van der Waals surface area contributed by atoms with E-state index in [-0.39, 0.29) is 5.92 Å². The summed E-state index contributed by atoms with van der Waals surface area (Å²) in [5, 5.41) is 1.23. The van der Waals surface area contributed by atoms with Crippen molar-refractivity contribution in [3.8, 4) is 0 Å². The van der Waals surface area contributed by atoms with E-state index < -0.39 is 0 Å². The molecule has 0 fully saturated rings. The topological polar surface area (TPSA) is 52.0 Å². The third-order valence-electron chi connectivity index (χ3n) is 3.80. The normalized spacial score (nSPS) is 10.9. The third kappa shape index (κ3) is 3.29. The lowest BCUT2D eigenvalue weighted by Crippen LogP contribution is -2.06.